The van der Waals surface area contributed by atoms with E-state index in [2.05, 4.69) is 26.8 Å². The molecule has 2 heterocycles. The first-order valence-corrected chi connectivity index (χ1v) is 13.2. The van der Waals surface area contributed by atoms with Crippen LogP contribution in [0.2, 0.25) is 0 Å². The largest absolute Gasteiger partial charge is 0.494 e. The number of benzene rings is 1. The standard InChI is InChI=1S/C25H32N4O3S2/c1-4-19-16-26-23(27-17-19)29(13-8-9-15-32-21-10-6-5-7-11-21)14-12-20-18-33-24(28-20)34-25(2,3)22(30)31/h5-7,10-11,16-18H,4,8-9,12-15H2,1-3H3,(H,30,31). The predicted octanol–water partition coefficient (Wildman–Crippen LogP) is 5.36. The third kappa shape index (κ3) is 7.99. The van der Waals surface area contributed by atoms with Crippen LogP contribution < -0.4 is 9.64 Å². The molecule has 0 fully saturated rings. The summed E-state index contributed by atoms with van der Waals surface area (Å²) in [5.74, 6) is 0.767. The van der Waals surface area contributed by atoms with Crippen molar-refractivity contribution >= 4 is 35.0 Å². The van der Waals surface area contributed by atoms with Crippen molar-refractivity contribution < 1.29 is 14.6 Å². The number of aromatic nitrogens is 3. The molecule has 0 bridgehead atoms. The Morgan fingerprint density at radius 1 is 1.15 bits per heavy atom. The molecule has 0 atom stereocenters. The fourth-order valence-corrected chi connectivity index (χ4v) is 5.30. The Kier molecular flexibility index (Phi) is 9.71. The van der Waals surface area contributed by atoms with E-state index in [4.69, 9.17) is 4.74 Å². The molecule has 3 aromatic rings. The minimum absolute atomic E-state index is 0.666. The number of thioether (sulfide) groups is 1. The van der Waals surface area contributed by atoms with Crippen LogP contribution in [0, 0.1) is 0 Å². The number of carbonyl (C=O) groups is 1. The van der Waals surface area contributed by atoms with Gasteiger partial charge in [0.15, 0.2) is 4.34 Å². The predicted molar refractivity (Wildman–Crippen MR) is 138 cm³/mol. The van der Waals surface area contributed by atoms with Crippen molar-refractivity contribution in [3.63, 3.8) is 0 Å². The molecule has 9 heteroatoms. The lowest BCUT2D eigenvalue weighted by atomic mass is 10.2. The summed E-state index contributed by atoms with van der Waals surface area (Å²) >= 11 is 2.77. The number of carboxylic acid groups (broad SMARTS) is 1. The third-order valence-electron chi connectivity index (χ3n) is 5.24. The highest BCUT2D eigenvalue weighted by atomic mass is 32.2. The Morgan fingerprint density at radius 3 is 2.56 bits per heavy atom. The van der Waals surface area contributed by atoms with Gasteiger partial charge in [-0.25, -0.2) is 15.0 Å². The van der Waals surface area contributed by atoms with E-state index in [0.29, 0.717) is 6.61 Å². The number of hydrogen-bond acceptors (Lipinski definition) is 8. The Morgan fingerprint density at radius 2 is 1.88 bits per heavy atom. The number of anilines is 1. The number of unbranched alkanes of at least 4 members (excludes halogenated alkanes) is 1. The molecule has 1 N–H and O–H groups in total. The molecular formula is C25H32N4O3S2. The normalized spacial score (nSPS) is 11.4. The zero-order chi connectivity index (χ0) is 24.4. The van der Waals surface area contributed by atoms with Crippen molar-refractivity contribution in [1.29, 1.82) is 0 Å². The van der Waals surface area contributed by atoms with Crippen LogP contribution in [-0.4, -0.2) is 50.5 Å². The molecule has 3 rings (SSSR count). The Bertz CT molecular complexity index is 1030. The van der Waals surface area contributed by atoms with Gasteiger partial charge in [0.1, 0.15) is 10.5 Å². The second-order valence-corrected chi connectivity index (χ2v) is 11.1. The summed E-state index contributed by atoms with van der Waals surface area (Å²) in [5.41, 5.74) is 2.07. The van der Waals surface area contributed by atoms with Crippen molar-refractivity contribution in [2.45, 2.75) is 55.5 Å². The topological polar surface area (TPSA) is 88.4 Å². The van der Waals surface area contributed by atoms with Crippen LogP contribution in [0.3, 0.4) is 0 Å². The molecule has 0 aliphatic heterocycles. The van der Waals surface area contributed by atoms with E-state index in [1.807, 2.05) is 48.1 Å². The summed E-state index contributed by atoms with van der Waals surface area (Å²) in [4.78, 5) is 27.4. The molecule has 1 aromatic carbocycles. The molecule has 2 aromatic heterocycles. The minimum atomic E-state index is -0.905. The highest BCUT2D eigenvalue weighted by molar-refractivity contribution is 8.02. The van der Waals surface area contributed by atoms with Crippen molar-refractivity contribution in [2.24, 2.45) is 0 Å². The molecule has 0 amide bonds. The van der Waals surface area contributed by atoms with Gasteiger partial charge in [-0.3, -0.25) is 4.79 Å². The average Bonchev–Trinajstić information content (AvgIpc) is 3.28. The van der Waals surface area contributed by atoms with Crippen LogP contribution in [0.5, 0.6) is 5.75 Å². The Hall–Kier alpha value is -2.65. The molecule has 0 saturated carbocycles. The van der Waals surface area contributed by atoms with Crippen LogP contribution in [0.1, 0.15) is 44.9 Å². The van der Waals surface area contributed by atoms with Gasteiger partial charge in [-0.05, 0) is 50.8 Å². The number of rotatable bonds is 14. The number of hydrogen-bond donors (Lipinski definition) is 1. The maximum absolute atomic E-state index is 11.4. The maximum Gasteiger partial charge on any atom is 0.319 e. The van der Waals surface area contributed by atoms with Crippen molar-refractivity contribution in [2.75, 3.05) is 24.6 Å². The average molecular weight is 501 g/mol. The summed E-state index contributed by atoms with van der Waals surface area (Å²) in [6.07, 6.45) is 7.31. The molecule has 0 aliphatic rings. The van der Waals surface area contributed by atoms with Crippen LogP contribution in [-0.2, 0) is 17.6 Å². The van der Waals surface area contributed by atoms with E-state index in [1.54, 1.807) is 13.8 Å². The maximum atomic E-state index is 11.4. The molecule has 7 nitrogen and oxygen atoms in total. The van der Waals surface area contributed by atoms with Crippen molar-refractivity contribution in [1.82, 2.24) is 15.0 Å². The van der Waals surface area contributed by atoms with Gasteiger partial charge in [0.05, 0.1) is 12.3 Å². The lowest BCUT2D eigenvalue weighted by molar-refractivity contribution is -0.138. The zero-order valence-corrected chi connectivity index (χ0v) is 21.6. The number of aliphatic carboxylic acids is 1. The highest BCUT2D eigenvalue weighted by Gasteiger charge is 2.29. The van der Waals surface area contributed by atoms with Gasteiger partial charge in [-0.2, -0.15) is 0 Å². The summed E-state index contributed by atoms with van der Waals surface area (Å²) in [5, 5.41) is 11.4. The highest BCUT2D eigenvalue weighted by Crippen LogP contribution is 2.34. The van der Waals surface area contributed by atoms with Gasteiger partial charge in [0.25, 0.3) is 0 Å². The quantitative estimate of drug-likeness (QED) is 0.234. The monoisotopic (exact) mass is 500 g/mol. The van der Waals surface area contributed by atoms with Crippen LogP contribution in [0.4, 0.5) is 5.95 Å². The molecule has 0 spiro atoms. The SMILES string of the molecule is CCc1cnc(N(CCCCOc2ccccc2)CCc2csc(SC(C)(C)C(=O)O)n2)nc1. The van der Waals surface area contributed by atoms with Gasteiger partial charge in [-0.15, -0.1) is 11.3 Å². The first-order chi connectivity index (χ1) is 16.4. The van der Waals surface area contributed by atoms with Gasteiger partial charge >= 0.3 is 5.97 Å². The first-order valence-electron chi connectivity index (χ1n) is 11.5. The van der Waals surface area contributed by atoms with E-state index >= 15 is 0 Å². The van der Waals surface area contributed by atoms with Gasteiger partial charge in [0, 0.05) is 37.3 Å². The zero-order valence-electron chi connectivity index (χ0n) is 19.9. The number of thiazole rings is 1. The van der Waals surface area contributed by atoms with Crippen LogP contribution in [0.25, 0.3) is 0 Å². The second kappa shape index (κ2) is 12.7. The van der Waals surface area contributed by atoms with Gasteiger partial charge < -0.3 is 14.7 Å². The minimum Gasteiger partial charge on any atom is -0.494 e. The van der Waals surface area contributed by atoms with E-state index < -0.39 is 10.7 Å². The number of ether oxygens (including phenoxy) is 1. The molecule has 0 aliphatic carbocycles. The molecule has 34 heavy (non-hydrogen) atoms. The number of aryl methyl sites for hydroxylation is 1. The van der Waals surface area contributed by atoms with Crippen molar-refractivity contribution in [3.8, 4) is 5.75 Å². The lowest BCUT2D eigenvalue weighted by Gasteiger charge is -2.22. The summed E-state index contributed by atoms with van der Waals surface area (Å²) in [6, 6.07) is 9.85. The van der Waals surface area contributed by atoms with E-state index in [-0.39, 0.29) is 0 Å². The Balaban J connectivity index is 1.56. The number of carboxylic acids is 1. The molecule has 182 valence electrons. The number of para-hydroxylation sites is 1. The summed E-state index contributed by atoms with van der Waals surface area (Å²) in [6.45, 7) is 7.71. The van der Waals surface area contributed by atoms with Crippen LogP contribution >= 0.6 is 23.1 Å². The van der Waals surface area contributed by atoms with Gasteiger partial charge in [0.2, 0.25) is 5.95 Å². The van der Waals surface area contributed by atoms with E-state index in [0.717, 1.165) is 66.1 Å². The van der Waals surface area contributed by atoms with Crippen LogP contribution in [0.15, 0.2) is 52.4 Å². The first kappa shape index (κ1) is 26.0. The molecule has 0 saturated heterocycles. The third-order valence-corrected chi connectivity index (χ3v) is 7.42. The Labute approximate surface area is 209 Å². The second-order valence-electron chi connectivity index (χ2n) is 8.37. The van der Waals surface area contributed by atoms with E-state index in [1.165, 1.54) is 23.1 Å². The molecule has 0 radical (unpaired) electrons. The number of nitrogens with zero attached hydrogens (tertiary/aromatic N) is 4. The van der Waals surface area contributed by atoms with E-state index in [9.17, 15) is 9.90 Å². The van der Waals surface area contributed by atoms with Crippen molar-refractivity contribution in [3.05, 3.63) is 59.4 Å². The van der Waals surface area contributed by atoms with Gasteiger partial charge in [-0.1, -0.05) is 36.9 Å². The lowest BCUT2D eigenvalue weighted by Crippen LogP contribution is -2.29. The smallest absolute Gasteiger partial charge is 0.319 e. The summed E-state index contributed by atoms with van der Waals surface area (Å²) < 4.78 is 5.68. The fraction of sp³-hybridized carbons (Fsp3) is 0.440. The molecular weight excluding hydrogens is 468 g/mol. The summed E-state index contributed by atoms with van der Waals surface area (Å²) in [7, 11) is 0. The molecule has 0 unspecified atom stereocenters. The fourth-order valence-electron chi connectivity index (χ4n) is 3.08.